The van der Waals surface area contributed by atoms with E-state index in [-0.39, 0.29) is 12.4 Å². The van der Waals surface area contributed by atoms with Gasteiger partial charge in [0.1, 0.15) is 0 Å². The SMILES string of the molecule is Cl.Clc1ccc(SCCCCCCN2CCSC2)nc1. The van der Waals surface area contributed by atoms with Crippen LogP contribution in [0.5, 0.6) is 0 Å². The van der Waals surface area contributed by atoms with E-state index >= 15 is 0 Å². The van der Waals surface area contributed by atoms with Gasteiger partial charge in [-0.1, -0.05) is 24.4 Å². The number of aromatic nitrogens is 1. The Kier molecular flexibility index (Phi) is 10.2. The number of thioether (sulfide) groups is 2. The van der Waals surface area contributed by atoms with Crippen molar-refractivity contribution in [3.63, 3.8) is 0 Å². The monoisotopic (exact) mass is 352 g/mol. The number of halogens is 2. The minimum absolute atomic E-state index is 0. The molecule has 0 N–H and O–H groups in total. The first-order valence-corrected chi connectivity index (χ1v) is 9.41. The van der Waals surface area contributed by atoms with Crippen molar-refractivity contribution in [3.05, 3.63) is 23.4 Å². The Morgan fingerprint density at radius 3 is 2.80 bits per heavy atom. The van der Waals surface area contributed by atoms with E-state index in [2.05, 4.69) is 21.6 Å². The molecule has 0 atom stereocenters. The predicted octanol–water partition coefficient (Wildman–Crippen LogP) is 4.82. The second-order valence-electron chi connectivity index (χ2n) is 4.73. The molecule has 0 unspecified atom stereocenters. The van der Waals surface area contributed by atoms with Crippen LogP contribution in [0.4, 0.5) is 0 Å². The highest BCUT2D eigenvalue weighted by Gasteiger charge is 2.10. The van der Waals surface area contributed by atoms with Crippen LogP contribution < -0.4 is 0 Å². The molecule has 0 radical (unpaired) electrons. The van der Waals surface area contributed by atoms with E-state index in [0.717, 1.165) is 10.8 Å². The van der Waals surface area contributed by atoms with Gasteiger partial charge in [-0.25, -0.2) is 4.98 Å². The molecule has 1 aliphatic rings. The van der Waals surface area contributed by atoms with Crippen molar-refractivity contribution in [1.82, 2.24) is 9.88 Å². The van der Waals surface area contributed by atoms with E-state index in [1.807, 2.05) is 23.9 Å². The molecule has 1 saturated heterocycles. The van der Waals surface area contributed by atoms with Gasteiger partial charge in [0, 0.05) is 24.4 Å². The molecule has 114 valence electrons. The predicted molar refractivity (Wildman–Crippen MR) is 94.6 cm³/mol. The van der Waals surface area contributed by atoms with Crippen LogP contribution >= 0.6 is 47.5 Å². The van der Waals surface area contributed by atoms with Gasteiger partial charge in [-0.3, -0.25) is 4.90 Å². The molecule has 0 aromatic carbocycles. The van der Waals surface area contributed by atoms with Crippen LogP contribution in [0.1, 0.15) is 25.7 Å². The lowest BCUT2D eigenvalue weighted by molar-refractivity contribution is 0.344. The minimum Gasteiger partial charge on any atom is -0.293 e. The topological polar surface area (TPSA) is 16.1 Å². The van der Waals surface area contributed by atoms with Crippen LogP contribution in [-0.2, 0) is 0 Å². The largest absolute Gasteiger partial charge is 0.293 e. The van der Waals surface area contributed by atoms with E-state index in [1.54, 1.807) is 6.20 Å². The Bertz CT molecular complexity index is 357. The molecule has 0 amide bonds. The summed E-state index contributed by atoms with van der Waals surface area (Å²) in [6.07, 6.45) is 7.05. The van der Waals surface area contributed by atoms with Crippen LogP contribution in [0.15, 0.2) is 23.4 Å². The molecule has 0 aliphatic carbocycles. The third kappa shape index (κ3) is 7.41. The highest BCUT2D eigenvalue weighted by atomic mass is 35.5. The van der Waals surface area contributed by atoms with Crippen molar-refractivity contribution in [2.75, 3.05) is 30.5 Å². The standard InChI is InChI=1S/C14H21ClN2S2.ClH/c15-13-5-6-14(16-11-13)19-9-4-2-1-3-7-17-8-10-18-12-17;/h5-6,11H,1-4,7-10,12H2;1H. The fourth-order valence-corrected chi connectivity index (χ4v) is 4.04. The van der Waals surface area contributed by atoms with Gasteiger partial charge in [0.25, 0.3) is 0 Å². The molecular formula is C14H22Cl2N2S2. The molecular weight excluding hydrogens is 331 g/mol. The first-order chi connectivity index (χ1) is 9.34. The molecule has 1 fully saturated rings. The van der Waals surface area contributed by atoms with Crippen LogP contribution in [0.25, 0.3) is 0 Å². The molecule has 1 aromatic rings. The third-order valence-corrected chi connectivity index (χ3v) is 5.42. The van der Waals surface area contributed by atoms with Crippen LogP contribution in [0.3, 0.4) is 0 Å². The fourth-order valence-electron chi connectivity index (χ4n) is 2.04. The van der Waals surface area contributed by atoms with Gasteiger partial charge >= 0.3 is 0 Å². The van der Waals surface area contributed by atoms with Gasteiger partial charge in [-0.05, 0) is 37.3 Å². The highest BCUT2D eigenvalue weighted by molar-refractivity contribution is 7.99. The Balaban J connectivity index is 0.00000200. The second-order valence-corrected chi connectivity index (χ2v) is 7.36. The summed E-state index contributed by atoms with van der Waals surface area (Å²) in [6, 6.07) is 3.91. The normalized spacial score (nSPS) is 15.2. The van der Waals surface area contributed by atoms with Crippen LogP contribution in [0, 0.1) is 0 Å². The summed E-state index contributed by atoms with van der Waals surface area (Å²) in [4.78, 5) is 6.85. The molecule has 20 heavy (non-hydrogen) atoms. The third-order valence-electron chi connectivity index (χ3n) is 3.14. The molecule has 0 spiro atoms. The summed E-state index contributed by atoms with van der Waals surface area (Å²) in [6.45, 7) is 2.58. The maximum absolute atomic E-state index is 5.81. The second kappa shape index (κ2) is 11.0. The molecule has 0 bridgehead atoms. The fraction of sp³-hybridized carbons (Fsp3) is 0.643. The van der Waals surface area contributed by atoms with Gasteiger partial charge in [0.05, 0.1) is 10.0 Å². The number of hydrogen-bond acceptors (Lipinski definition) is 4. The van der Waals surface area contributed by atoms with Crippen molar-refractivity contribution in [3.8, 4) is 0 Å². The minimum atomic E-state index is 0. The van der Waals surface area contributed by atoms with Gasteiger partial charge < -0.3 is 0 Å². The molecule has 6 heteroatoms. The lowest BCUT2D eigenvalue weighted by Crippen LogP contribution is -2.20. The molecule has 1 aromatic heterocycles. The van der Waals surface area contributed by atoms with E-state index in [9.17, 15) is 0 Å². The smallest absolute Gasteiger partial charge is 0.0960 e. The van der Waals surface area contributed by atoms with Gasteiger partial charge in [0.15, 0.2) is 0 Å². The van der Waals surface area contributed by atoms with E-state index in [4.69, 9.17) is 11.6 Å². The van der Waals surface area contributed by atoms with E-state index < -0.39 is 0 Å². The number of rotatable bonds is 8. The summed E-state index contributed by atoms with van der Waals surface area (Å²) >= 11 is 9.69. The first-order valence-electron chi connectivity index (χ1n) is 6.89. The average molecular weight is 353 g/mol. The van der Waals surface area contributed by atoms with Crippen molar-refractivity contribution < 1.29 is 0 Å². The number of unbranched alkanes of at least 4 members (excludes halogenated alkanes) is 3. The van der Waals surface area contributed by atoms with Gasteiger partial charge in [0.2, 0.25) is 0 Å². The first kappa shape index (κ1) is 18.4. The zero-order valence-electron chi connectivity index (χ0n) is 11.6. The van der Waals surface area contributed by atoms with Crippen molar-refractivity contribution >= 4 is 47.5 Å². The lowest BCUT2D eigenvalue weighted by Gasteiger charge is -2.12. The van der Waals surface area contributed by atoms with Crippen LogP contribution in [-0.4, -0.2) is 40.4 Å². The molecule has 2 nitrogen and oxygen atoms in total. The zero-order valence-corrected chi connectivity index (χ0v) is 14.8. The van der Waals surface area contributed by atoms with Crippen LogP contribution in [0.2, 0.25) is 5.02 Å². The molecule has 2 heterocycles. The van der Waals surface area contributed by atoms with Crippen molar-refractivity contribution in [2.45, 2.75) is 30.7 Å². The quantitative estimate of drug-likeness (QED) is 0.492. The average Bonchev–Trinajstić information content (AvgIpc) is 2.93. The summed E-state index contributed by atoms with van der Waals surface area (Å²) in [5.41, 5.74) is 0. The summed E-state index contributed by atoms with van der Waals surface area (Å²) in [5.74, 6) is 3.73. The number of hydrogen-bond donors (Lipinski definition) is 0. The lowest BCUT2D eigenvalue weighted by atomic mass is 10.2. The zero-order chi connectivity index (χ0) is 13.3. The molecule has 1 aliphatic heterocycles. The Labute approximate surface area is 141 Å². The van der Waals surface area contributed by atoms with Gasteiger partial charge in [-0.15, -0.1) is 35.9 Å². The van der Waals surface area contributed by atoms with Crippen molar-refractivity contribution in [1.29, 1.82) is 0 Å². The summed E-state index contributed by atoms with van der Waals surface area (Å²) in [7, 11) is 0. The van der Waals surface area contributed by atoms with E-state index in [1.165, 1.54) is 50.4 Å². The maximum atomic E-state index is 5.81. The van der Waals surface area contributed by atoms with Crippen molar-refractivity contribution in [2.24, 2.45) is 0 Å². The highest BCUT2D eigenvalue weighted by Crippen LogP contribution is 2.19. The maximum Gasteiger partial charge on any atom is 0.0960 e. The molecule has 0 saturated carbocycles. The summed E-state index contributed by atoms with van der Waals surface area (Å²) in [5, 5.41) is 1.79. The van der Waals surface area contributed by atoms with Gasteiger partial charge in [-0.2, -0.15) is 0 Å². The Hall–Kier alpha value is 0.390. The summed E-state index contributed by atoms with van der Waals surface area (Å²) < 4.78 is 0. The Morgan fingerprint density at radius 2 is 2.10 bits per heavy atom. The Morgan fingerprint density at radius 1 is 1.25 bits per heavy atom. The molecule has 2 rings (SSSR count). The number of pyridine rings is 1. The van der Waals surface area contributed by atoms with E-state index in [0.29, 0.717) is 5.02 Å². The number of nitrogens with zero attached hydrogens (tertiary/aromatic N) is 2.